The minimum Gasteiger partial charge on any atom is -0.367 e. The van der Waals surface area contributed by atoms with E-state index in [4.69, 9.17) is 0 Å². The third-order valence-electron chi connectivity index (χ3n) is 6.65. The van der Waals surface area contributed by atoms with Gasteiger partial charge in [0.1, 0.15) is 11.6 Å². The molecule has 0 unspecified atom stereocenters. The summed E-state index contributed by atoms with van der Waals surface area (Å²) in [5, 5.41) is 4.23. The summed E-state index contributed by atoms with van der Waals surface area (Å²) in [6.07, 6.45) is 3.16. The predicted molar refractivity (Wildman–Crippen MR) is 148 cm³/mol. The minimum absolute atomic E-state index is 0.0372. The summed E-state index contributed by atoms with van der Waals surface area (Å²) in [7, 11) is -3.53. The molecule has 0 N–H and O–H groups in total. The third kappa shape index (κ3) is 5.67. The molecular formula is C29H26F2N4O3S. The van der Waals surface area contributed by atoms with E-state index in [1.165, 1.54) is 10.5 Å². The van der Waals surface area contributed by atoms with Gasteiger partial charge < -0.3 is 4.90 Å². The molecule has 0 saturated carbocycles. The van der Waals surface area contributed by atoms with Crippen LogP contribution in [0.15, 0.2) is 90.4 Å². The monoisotopic (exact) mass is 548 g/mol. The van der Waals surface area contributed by atoms with E-state index in [0.29, 0.717) is 35.5 Å². The maximum atomic E-state index is 13.9. The van der Waals surface area contributed by atoms with Crippen molar-refractivity contribution < 1.29 is 17.2 Å². The lowest BCUT2D eigenvalue weighted by Gasteiger charge is -2.36. The second kappa shape index (κ2) is 10.9. The summed E-state index contributed by atoms with van der Waals surface area (Å²) >= 11 is 0. The first-order chi connectivity index (χ1) is 18.7. The first-order valence-electron chi connectivity index (χ1n) is 12.3. The summed E-state index contributed by atoms with van der Waals surface area (Å²) in [6.45, 7) is 4.91. The van der Waals surface area contributed by atoms with Gasteiger partial charge in [-0.1, -0.05) is 67.3 Å². The lowest BCUT2D eigenvalue weighted by Crippen LogP contribution is -2.49. The first-order valence-corrected chi connectivity index (χ1v) is 13.9. The highest BCUT2D eigenvalue weighted by molar-refractivity contribution is 7.88. The van der Waals surface area contributed by atoms with Crippen LogP contribution >= 0.6 is 0 Å². The fraction of sp³-hybridized carbons (Fsp3) is 0.172. The van der Waals surface area contributed by atoms with E-state index in [1.807, 2.05) is 23.1 Å². The zero-order valence-electron chi connectivity index (χ0n) is 21.0. The Morgan fingerprint density at radius 2 is 1.54 bits per heavy atom. The fourth-order valence-electron chi connectivity index (χ4n) is 4.67. The van der Waals surface area contributed by atoms with E-state index >= 15 is 0 Å². The smallest absolute Gasteiger partial charge is 0.281 e. The molecule has 0 amide bonds. The van der Waals surface area contributed by atoms with Gasteiger partial charge in [-0.15, -0.1) is 0 Å². The largest absolute Gasteiger partial charge is 0.367 e. The predicted octanol–water partition coefficient (Wildman–Crippen LogP) is 4.47. The molecule has 4 aromatic rings. The quantitative estimate of drug-likeness (QED) is 0.341. The molecule has 0 aliphatic carbocycles. The van der Waals surface area contributed by atoms with Crippen molar-refractivity contribution in [2.75, 3.05) is 31.1 Å². The molecule has 200 valence electrons. The average Bonchev–Trinajstić information content (AvgIpc) is 2.93. The molecule has 2 heterocycles. The van der Waals surface area contributed by atoms with E-state index in [-0.39, 0.29) is 24.5 Å². The molecule has 3 aromatic carbocycles. The number of benzene rings is 3. The Bertz CT molecular complexity index is 1650. The first kappa shape index (κ1) is 26.5. The molecule has 10 heteroatoms. The van der Waals surface area contributed by atoms with Crippen LogP contribution in [0.25, 0.3) is 22.9 Å². The number of halogens is 2. The van der Waals surface area contributed by atoms with E-state index in [9.17, 15) is 22.0 Å². The Labute approximate surface area is 225 Å². The molecule has 0 bridgehead atoms. The molecule has 1 aromatic heterocycles. The van der Waals surface area contributed by atoms with Crippen LogP contribution in [0.2, 0.25) is 0 Å². The lowest BCUT2D eigenvalue weighted by molar-refractivity contribution is 0.384. The maximum absolute atomic E-state index is 13.9. The van der Waals surface area contributed by atoms with Crippen LogP contribution in [0, 0.1) is 11.6 Å². The van der Waals surface area contributed by atoms with Gasteiger partial charge in [0.2, 0.25) is 10.0 Å². The van der Waals surface area contributed by atoms with Crippen LogP contribution in [-0.2, 0) is 15.8 Å². The number of rotatable bonds is 7. The van der Waals surface area contributed by atoms with E-state index in [0.717, 1.165) is 28.4 Å². The van der Waals surface area contributed by atoms with Crippen LogP contribution in [-0.4, -0.2) is 48.7 Å². The fourth-order valence-corrected chi connectivity index (χ4v) is 6.19. The van der Waals surface area contributed by atoms with Crippen molar-refractivity contribution in [1.29, 1.82) is 0 Å². The number of sulfonamides is 1. The normalized spacial score (nSPS) is 14.4. The molecule has 0 atom stereocenters. The molecule has 1 aliphatic heterocycles. The molecule has 0 spiro atoms. The number of hydrogen-bond donors (Lipinski definition) is 0. The van der Waals surface area contributed by atoms with Crippen molar-refractivity contribution in [3.05, 3.63) is 119 Å². The molecule has 1 fully saturated rings. The number of nitrogens with zero attached hydrogens (tertiary/aromatic N) is 4. The molecule has 1 aliphatic rings. The zero-order chi connectivity index (χ0) is 27.6. The molecule has 7 nitrogen and oxygen atoms in total. The topological polar surface area (TPSA) is 75.5 Å². The van der Waals surface area contributed by atoms with Crippen molar-refractivity contribution in [3.8, 4) is 16.8 Å². The highest BCUT2D eigenvalue weighted by Crippen LogP contribution is 2.29. The minimum atomic E-state index is -3.53. The van der Waals surface area contributed by atoms with Crippen molar-refractivity contribution in [2.24, 2.45) is 0 Å². The van der Waals surface area contributed by atoms with E-state index in [2.05, 4.69) is 11.7 Å². The van der Waals surface area contributed by atoms with E-state index in [1.54, 1.807) is 42.5 Å². The molecule has 0 radical (unpaired) electrons. The summed E-state index contributed by atoms with van der Waals surface area (Å²) in [5.41, 5.74) is 2.39. The van der Waals surface area contributed by atoms with Gasteiger partial charge in [0, 0.05) is 32.2 Å². The molecule has 39 heavy (non-hydrogen) atoms. The van der Waals surface area contributed by atoms with Gasteiger partial charge in [-0.3, -0.25) is 4.79 Å². The number of aromatic nitrogens is 2. The van der Waals surface area contributed by atoms with Gasteiger partial charge in [-0.05, 0) is 28.8 Å². The summed E-state index contributed by atoms with van der Waals surface area (Å²) < 4.78 is 56.4. The molecular weight excluding hydrogens is 522 g/mol. The van der Waals surface area contributed by atoms with E-state index < -0.39 is 27.2 Å². The van der Waals surface area contributed by atoms with Crippen LogP contribution in [0.5, 0.6) is 0 Å². The second-order valence-electron chi connectivity index (χ2n) is 9.20. The van der Waals surface area contributed by atoms with Crippen LogP contribution in [0.3, 0.4) is 0 Å². The van der Waals surface area contributed by atoms with Gasteiger partial charge in [0.05, 0.1) is 28.9 Å². The summed E-state index contributed by atoms with van der Waals surface area (Å²) in [6, 6.07) is 19.0. The average molecular weight is 549 g/mol. The van der Waals surface area contributed by atoms with Crippen molar-refractivity contribution in [2.45, 2.75) is 5.75 Å². The van der Waals surface area contributed by atoms with Gasteiger partial charge >= 0.3 is 0 Å². The summed E-state index contributed by atoms with van der Waals surface area (Å²) in [4.78, 5) is 15.7. The highest BCUT2D eigenvalue weighted by Gasteiger charge is 2.29. The number of hydrogen-bond acceptors (Lipinski definition) is 5. The Morgan fingerprint density at radius 3 is 2.15 bits per heavy atom. The highest BCUT2D eigenvalue weighted by atomic mass is 32.2. The van der Waals surface area contributed by atoms with Crippen molar-refractivity contribution in [3.63, 3.8) is 0 Å². The maximum Gasteiger partial charge on any atom is 0.281 e. The lowest BCUT2D eigenvalue weighted by atomic mass is 10.0. The third-order valence-corrected chi connectivity index (χ3v) is 8.50. The Kier molecular flexibility index (Phi) is 7.40. The standard InChI is InChI=1S/C29H26F2N4O3S/c1-2-21-8-10-23(11-9-21)28-27(19-32-35(29(28)36)26-17-24(30)16-25(31)18-26)33-12-14-34(15-13-33)39(37,38)20-22-6-4-3-5-7-22/h2-11,16-19H,1,12-15,20H2. The van der Waals surface area contributed by atoms with Crippen molar-refractivity contribution >= 4 is 21.8 Å². The zero-order valence-corrected chi connectivity index (χ0v) is 21.8. The Balaban J connectivity index is 1.48. The Morgan fingerprint density at radius 1 is 0.897 bits per heavy atom. The van der Waals surface area contributed by atoms with Crippen LogP contribution in [0.1, 0.15) is 11.1 Å². The van der Waals surface area contributed by atoms with Gasteiger partial charge in [0.15, 0.2) is 0 Å². The van der Waals surface area contributed by atoms with Crippen LogP contribution < -0.4 is 10.5 Å². The SMILES string of the molecule is C=Cc1ccc(-c2c(N3CCN(S(=O)(=O)Cc4ccccc4)CC3)cnn(-c3cc(F)cc(F)c3)c2=O)cc1. The Hall–Kier alpha value is -4.15. The summed E-state index contributed by atoms with van der Waals surface area (Å²) in [5.74, 6) is -1.74. The van der Waals surface area contributed by atoms with Gasteiger partial charge in [-0.25, -0.2) is 17.2 Å². The number of anilines is 1. The molecule has 1 saturated heterocycles. The van der Waals surface area contributed by atoms with Crippen LogP contribution in [0.4, 0.5) is 14.5 Å². The number of piperazine rings is 1. The van der Waals surface area contributed by atoms with Crippen molar-refractivity contribution in [1.82, 2.24) is 14.1 Å². The molecule has 5 rings (SSSR count). The van der Waals surface area contributed by atoms with Gasteiger partial charge in [-0.2, -0.15) is 14.1 Å². The van der Waals surface area contributed by atoms with Gasteiger partial charge in [0.25, 0.3) is 5.56 Å². The second-order valence-corrected chi connectivity index (χ2v) is 11.2.